The van der Waals surface area contributed by atoms with Gasteiger partial charge < -0.3 is 19.7 Å². The number of carbonyl (C=O) groups excluding carboxylic acids is 3. The van der Waals surface area contributed by atoms with Crippen molar-refractivity contribution in [1.82, 2.24) is 9.80 Å². The highest BCUT2D eigenvalue weighted by Gasteiger charge is 2.55. The number of imide groups is 1. The Morgan fingerprint density at radius 3 is 2.31 bits per heavy atom. The highest BCUT2D eigenvalue weighted by atomic mass is 16.5. The normalized spacial score (nSPS) is 17.6. The van der Waals surface area contributed by atoms with Crippen molar-refractivity contribution < 1.29 is 23.9 Å². The maximum atomic E-state index is 13.0. The van der Waals surface area contributed by atoms with E-state index in [1.165, 1.54) is 4.90 Å². The second-order valence-electron chi connectivity index (χ2n) is 8.15. The van der Waals surface area contributed by atoms with E-state index in [1.807, 2.05) is 12.1 Å². The van der Waals surface area contributed by atoms with Crippen LogP contribution >= 0.6 is 0 Å². The van der Waals surface area contributed by atoms with Gasteiger partial charge in [-0.2, -0.15) is 0 Å². The van der Waals surface area contributed by atoms with Crippen molar-refractivity contribution in [3.8, 4) is 17.2 Å². The van der Waals surface area contributed by atoms with Crippen molar-refractivity contribution in [2.24, 2.45) is 0 Å². The summed E-state index contributed by atoms with van der Waals surface area (Å²) >= 11 is 0. The van der Waals surface area contributed by atoms with Gasteiger partial charge in [0.25, 0.3) is 5.91 Å². The average molecular weight is 437 g/mol. The van der Waals surface area contributed by atoms with Gasteiger partial charge in [-0.25, -0.2) is 4.79 Å². The molecular weight excluding hydrogens is 410 g/mol. The molecule has 0 atom stereocenters. The van der Waals surface area contributed by atoms with Crippen LogP contribution in [0.2, 0.25) is 0 Å². The van der Waals surface area contributed by atoms with Crippen LogP contribution in [-0.4, -0.2) is 53.9 Å². The fraction of sp³-hybridized carbons (Fsp3) is 0.375. The summed E-state index contributed by atoms with van der Waals surface area (Å²) in [7, 11) is 3.23. The van der Waals surface area contributed by atoms with Gasteiger partial charge in [-0.1, -0.05) is 31.4 Å². The van der Waals surface area contributed by atoms with E-state index in [1.54, 1.807) is 50.6 Å². The molecule has 4 rings (SSSR count). The molecule has 0 aromatic heterocycles. The Morgan fingerprint density at radius 1 is 1.00 bits per heavy atom. The summed E-state index contributed by atoms with van der Waals surface area (Å²) < 4.78 is 11.1. The lowest BCUT2D eigenvalue weighted by Crippen LogP contribution is -2.49. The Labute approximate surface area is 187 Å². The molecule has 1 saturated carbocycles. The molecule has 0 bridgehead atoms. The van der Waals surface area contributed by atoms with Crippen LogP contribution < -0.4 is 14.8 Å². The summed E-state index contributed by atoms with van der Waals surface area (Å²) in [6.45, 7) is -0.302. The van der Waals surface area contributed by atoms with Gasteiger partial charge in [-0.05, 0) is 49.2 Å². The van der Waals surface area contributed by atoms with Crippen molar-refractivity contribution >= 4 is 23.5 Å². The van der Waals surface area contributed by atoms with Gasteiger partial charge in [0.2, 0.25) is 5.91 Å². The fourth-order valence-corrected chi connectivity index (χ4v) is 4.45. The minimum absolute atomic E-state index is 0.264. The lowest BCUT2D eigenvalue weighted by Gasteiger charge is -2.35. The maximum absolute atomic E-state index is 13.0. The Morgan fingerprint density at radius 2 is 1.66 bits per heavy atom. The number of para-hydroxylation sites is 2. The van der Waals surface area contributed by atoms with Crippen molar-refractivity contribution in [2.45, 2.75) is 37.6 Å². The summed E-state index contributed by atoms with van der Waals surface area (Å²) in [6.07, 6.45) is 4.19. The average Bonchev–Trinajstić information content (AvgIpc) is 2.97. The van der Waals surface area contributed by atoms with Gasteiger partial charge in [-0.3, -0.25) is 14.5 Å². The van der Waals surface area contributed by atoms with Crippen molar-refractivity contribution in [3.63, 3.8) is 0 Å². The molecule has 0 unspecified atom stereocenters. The minimum atomic E-state index is -0.785. The number of methoxy groups -OCH3 is 1. The first-order valence-electron chi connectivity index (χ1n) is 10.8. The summed E-state index contributed by atoms with van der Waals surface area (Å²) in [5.74, 6) is 1.09. The minimum Gasteiger partial charge on any atom is -0.493 e. The molecule has 1 N–H and O–H groups in total. The van der Waals surface area contributed by atoms with Crippen molar-refractivity contribution in [3.05, 3.63) is 48.5 Å². The van der Waals surface area contributed by atoms with Crippen molar-refractivity contribution in [1.29, 1.82) is 0 Å². The number of nitrogens with zero attached hydrogens (tertiary/aromatic N) is 2. The highest BCUT2D eigenvalue weighted by molar-refractivity contribution is 6.10. The maximum Gasteiger partial charge on any atom is 0.327 e. The number of urea groups is 1. The molecule has 2 aromatic carbocycles. The third-order valence-electron chi connectivity index (χ3n) is 6.22. The molecule has 168 valence electrons. The number of likely N-dealkylation sites (N-methyl/N-ethyl adjacent to an activating group) is 1. The van der Waals surface area contributed by atoms with Crippen molar-refractivity contribution in [2.75, 3.05) is 26.0 Å². The Balaban J connectivity index is 1.38. The number of nitrogens with one attached hydrogen (secondary N) is 1. The zero-order chi connectivity index (χ0) is 22.7. The number of rotatable bonds is 6. The molecule has 32 heavy (non-hydrogen) atoms. The topological polar surface area (TPSA) is 88.2 Å². The quantitative estimate of drug-likeness (QED) is 0.690. The molecule has 1 heterocycles. The largest absolute Gasteiger partial charge is 0.493 e. The number of hydrogen-bond acceptors (Lipinski definition) is 5. The first-order valence-corrected chi connectivity index (χ1v) is 10.8. The van der Waals surface area contributed by atoms with E-state index >= 15 is 0 Å². The molecule has 2 fully saturated rings. The second-order valence-corrected chi connectivity index (χ2v) is 8.15. The molecule has 1 aliphatic carbocycles. The van der Waals surface area contributed by atoms with Crippen LogP contribution in [0.25, 0.3) is 0 Å². The third-order valence-corrected chi connectivity index (χ3v) is 6.22. The fourth-order valence-electron chi connectivity index (χ4n) is 4.45. The molecule has 2 aliphatic rings. The summed E-state index contributed by atoms with van der Waals surface area (Å²) in [5.41, 5.74) is -0.241. The van der Waals surface area contributed by atoms with E-state index in [2.05, 4.69) is 5.32 Å². The van der Waals surface area contributed by atoms with Crippen LogP contribution in [0.15, 0.2) is 48.5 Å². The number of benzene rings is 2. The molecule has 8 heteroatoms. The van der Waals surface area contributed by atoms with Gasteiger partial charge >= 0.3 is 6.03 Å². The standard InChI is InChI=1S/C24H27N3O5/c1-26-23(30)27(22(29)24(26)14-6-3-7-15-24)16-21(28)25-17-10-12-18(13-11-17)32-20-9-5-4-8-19(20)31-2/h4-5,8-13H,3,6-7,14-16H2,1-2H3,(H,25,28). The molecular formula is C24H27N3O5. The number of anilines is 1. The van der Waals surface area contributed by atoms with Gasteiger partial charge in [0.15, 0.2) is 11.5 Å². The zero-order valence-electron chi connectivity index (χ0n) is 18.3. The van der Waals surface area contributed by atoms with E-state index in [4.69, 9.17) is 9.47 Å². The van der Waals surface area contributed by atoms with E-state index in [0.29, 0.717) is 35.8 Å². The molecule has 8 nitrogen and oxygen atoms in total. The predicted octanol–water partition coefficient (Wildman–Crippen LogP) is 4.02. The third kappa shape index (κ3) is 4.00. The molecule has 1 saturated heterocycles. The highest BCUT2D eigenvalue weighted by Crippen LogP contribution is 2.39. The first kappa shape index (κ1) is 21.7. The number of carbonyl (C=O) groups is 3. The predicted molar refractivity (Wildman–Crippen MR) is 119 cm³/mol. The lowest BCUT2D eigenvalue weighted by atomic mass is 9.81. The molecule has 1 aliphatic heterocycles. The van der Waals surface area contributed by atoms with E-state index < -0.39 is 17.5 Å². The van der Waals surface area contributed by atoms with Gasteiger partial charge in [0.05, 0.1) is 7.11 Å². The zero-order valence-corrected chi connectivity index (χ0v) is 18.3. The van der Waals surface area contributed by atoms with Crippen LogP contribution in [-0.2, 0) is 9.59 Å². The van der Waals surface area contributed by atoms with Crippen LogP contribution in [0.5, 0.6) is 17.2 Å². The Hall–Kier alpha value is -3.55. The van der Waals surface area contributed by atoms with Gasteiger partial charge in [-0.15, -0.1) is 0 Å². The van der Waals surface area contributed by atoms with Gasteiger partial charge in [0, 0.05) is 12.7 Å². The van der Waals surface area contributed by atoms with Crippen LogP contribution in [0.3, 0.4) is 0 Å². The SMILES string of the molecule is COc1ccccc1Oc1ccc(NC(=O)CN2C(=O)N(C)C3(CCCCC3)C2=O)cc1. The Kier molecular flexibility index (Phi) is 6.03. The van der Waals surface area contributed by atoms with Crippen LogP contribution in [0.4, 0.5) is 10.5 Å². The smallest absolute Gasteiger partial charge is 0.327 e. The molecule has 2 aromatic rings. The number of ether oxygens (including phenoxy) is 2. The summed E-state index contributed by atoms with van der Waals surface area (Å²) in [6, 6.07) is 13.7. The number of hydrogen-bond donors (Lipinski definition) is 1. The molecule has 4 amide bonds. The van der Waals surface area contributed by atoms with E-state index in [0.717, 1.165) is 24.2 Å². The molecule has 1 spiro atoms. The van der Waals surface area contributed by atoms with E-state index in [-0.39, 0.29) is 12.5 Å². The molecule has 0 radical (unpaired) electrons. The summed E-state index contributed by atoms with van der Waals surface area (Å²) in [4.78, 5) is 40.9. The number of amides is 4. The lowest BCUT2D eigenvalue weighted by molar-refractivity contribution is -0.136. The second kappa shape index (κ2) is 8.90. The van der Waals surface area contributed by atoms with Gasteiger partial charge in [0.1, 0.15) is 17.8 Å². The first-order chi connectivity index (χ1) is 15.4. The van der Waals surface area contributed by atoms with E-state index in [9.17, 15) is 14.4 Å². The van der Waals surface area contributed by atoms with Crippen LogP contribution in [0.1, 0.15) is 32.1 Å². The monoisotopic (exact) mass is 437 g/mol. The Bertz CT molecular complexity index is 1010. The van der Waals surface area contributed by atoms with Crippen LogP contribution in [0, 0.1) is 0 Å². The summed E-state index contributed by atoms with van der Waals surface area (Å²) in [5, 5.41) is 2.75.